The summed E-state index contributed by atoms with van der Waals surface area (Å²) < 4.78 is 34.1. The Balaban J connectivity index is 4.25. The SMILES string of the molecule is CC/C=C\C/C=C\C/C=C\C/C=C\CCCCCCCCC(=O)OC(COC(=O)CCCCCCCCCCCCC/C=C\C/C=C\CCCCCCC)COP(=O)([O-])OCC[N+](C)(C)C. The van der Waals surface area contributed by atoms with E-state index in [1.165, 1.54) is 96.3 Å². The molecule has 9 nitrogen and oxygen atoms in total. The van der Waals surface area contributed by atoms with Crippen molar-refractivity contribution in [3.05, 3.63) is 72.9 Å². The molecule has 382 valence electrons. The fourth-order valence-electron chi connectivity index (χ4n) is 7.09. The van der Waals surface area contributed by atoms with Crippen molar-refractivity contribution >= 4 is 19.8 Å². The molecule has 0 aliphatic carbocycles. The summed E-state index contributed by atoms with van der Waals surface area (Å²) in [6.45, 7) is 4.10. The molecule has 0 spiro atoms. The number of hydrogen-bond acceptors (Lipinski definition) is 8. The third-order valence-corrected chi connectivity index (χ3v) is 12.2. The Bertz CT molecular complexity index is 1350. The van der Waals surface area contributed by atoms with Crippen LogP contribution in [0.15, 0.2) is 72.9 Å². The van der Waals surface area contributed by atoms with Crippen LogP contribution in [0.3, 0.4) is 0 Å². The zero-order valence-electron chi connectivity index (χ0n) is 43.1. The van der Waals surface area contributed by atoms with Gasteiger partial charge in [-0.1, -0.05) is 196 Å². The van der Waals surface area contributed by atoms with Gasteiger partial charge in [0.05, 0.1) is 27.7 Å². The second-order valence-electron chi connectivity index (χ2n) is 18.9. The maximum atomic E-state index is 12.8. The van der Waals surface area contributed by atoms with Crippen molar-refractivity contribution in [3.8, 4) is 0 Å². The molecule has 66 heavy (non-hydrogen) atoms. The standard InChI is InChI=1S/C56H100NO8P/c1-6-8-10-12-14-16-18-20-22-24-26-27-28-29-31-32-34-36-38-40-42-44-46-48-55(58)62-52-54(53-64-66(60,61)63-51-50-57(3,4)5)65-56(59)49-47-45-43-41-39-37-35-33-30-25-23-21-19-17-15-13-11-9-7-2/h9,11,15,17-18,20-21,23-24,26,30,33,54H,6-8,10,12-14,16,19,22,25,27-29,31-32,34-53H2,1-5H3/b11-9-,17-15-,20-18-,23-21-,26-24-,33-30-. The van der Waals surface area contributed by atoms with Crippen LogP contribution < -0.4 is 4.89 Å². The number of quaternary nitrogens is 1. The average Bonchev–Trinajstić information content (AvgIpc) is 3.27. The average molecular weight is 946 g/mol. The highest BCUT2D eigenvalue weighted by Crippen LogP contribution is 2.38. The number of rotatable bonds is 48. The minimum atomic E-state index is -4.64. The summed E-state index contributed by atoms with van der Waals surface area (Å²) in [5.41, 5.74) is 0. The molecule has 0 aromatic heterocycles. The number of allylic oxidation sites excluding steroid dienone is 12. The molecule has 0 rings (SSSR count). The molecule has 0 N–H and O–H groups in total. The summed E-state index contributed by atoms with van der Waals surface area (Å²) in [6, 6.07) is 0. The van der Waals surface area contributed by atoms with Crippen LogP contribution in [0.2, 0.25) is 0 Å². The lowest BCUT2D eigenvalue weighted by atomic mass is 10.0. The van der Waals surface area contributed by atoms with Crippen LogP contribution in [0.25, 0.3) is 0 Å². The molecule has 10 heteroatoms. The number of esters is 2. The Morgan fingerprint density at radius 3 is 1.29 bits per heavy atom. The van der Waals surface area contributed by atoms with Crippen LogP contribution in [0.1, 0.15) is 219 Å². The van der Waals surface area contributed by atoms with Crippen LogP contribution >= 0.6 is 7.82 Å². The Kier molecular flexibility index (Phi) is 45.7. The molecule has 0 aromatic carbocycles. The van der Waals surface area contributed by atoms with Gasteiger partial charge < -0.3 is 27.9 Å². The molecule has 0 bridgehead atoms. The number of carbonyl (C=O) groups is 2. The van der Waals surface area contributed by atoms with Crippen molar-refractivity contribution in [2.24, 2.45) is 0 Å². The highest BCUT2D eigenvalue weighted by molar-refractivity contribution is 7.45. The lowest BCUT2D eigenvalue weighted by molar-refractivity contribution is -0.870. The second kappa shape index (κ2) is 47.5. The van der Waals surface area contributed by atoms with Gasteiger partial charge in [0.15, 0.2) is 6.10 Å². The molecule has 0 fully saturated rings. The summed E-state index contributed by atoms with van der Waals surface area (Å²) in [6.07, 6.45) is 60.7. The maximum absolute atomic E-state index is 12.8. The summed E-state index contributed by atoms with van der Waals surface area (Å²) in [5.74, 6) is -0.852. The lowest BCUT2D eigenvalue weighted by Crippen LogP contribution is -2.37. The van der Waals surface area contributed by atoms with Crippen molar-refractivity contribution in [2.45, 2.75) is 225 Å². The molecule has 0 heterocycles. The maximum Gasteiger partial charge on any atom is 0.306 e. The number of phosphoric acid groups is 1. The molecule has 2 atom stereocenters. The summed E-state index contributed by atoms with van der Waals surface area (Å²) >= 11 is 0. The molecule has 0 saturated carbocycles. The fraction of sp³-hybridized carbons (Fsp3) is 0.750. The number of carbonyl (C=O) groups excluding carboxylic acids is 2. The zero-order chi connectivity index (χ0) is 48.5. The van der Waals surface area contributed by atoms with Crippen molar-refractivity contribution in [3.63, 3.8) is 0 Å². The highest BCUT2D eigenvalue weighted by atomic mass is 31.2. The highest BCUT2D eigenvalue weighted by Gasteiger charge is 2.21. The molecular formula is C56H100NO8P. The summed E-state index contributed by atoms with van der Waals surface area (Å²) in [4.78, 5) is 37.8. The van der Waals surface area contributed by atoms with Crippen LogP contribution in [-0.2, 0) is 32.7 Å². The van der Waals surface area contributed by atoms with Crippen LogP contribution in [0, 0.1) is 0 Å². The Morgan fingerprint density at radius 2 is 0.864 bits per heavy atom. The van der Waals surface area contributed by atoms with Gasteiger partial charge in [-0.15, -0.1) is 0 Å². The third-order valence-electron chi connectivity index (χ3n) is 11.2. The number of likely N-dealkylation sites (N-methyl/N-ethyl adjacent to an activating group) is 1. The molecule has 0 amide bonds. The van der Waals surface area contributed by atoms with E-state index in [0.717, 1.165) is 89.9 Å². The number of phosphoric ester groups is 1. The van der Waals surface area contributed by atoms with Gasteiger partial charge >= 0.3 is 11.9 Å². The van der Waals surface area contributed by atoms with Gasteiger partial charge in [-0.05, 0) is 83.5 Å². The number of hydrogen-bond donors (Lipinski definition) is 0. The van der Waals surface area contributed by atoms with E-state index in [4.69, 9.17) is 18.5 Å². The summed E-state index contributed by atoms with van der Waals surface area (Å²) in [7, 11) is 1.15. The van der Waals surface area contributed by atoms with Crippen molar-refractivity contribution < 1.29 is 42.1 Å². The first-order valence-corrected chi connectivity index (χ1v) is 28.1. The third kappa shape index (κ3) is 50.9. The first kappa shape index (κ1) is 63.5. The van der Waals surface area contributed by atoms with Gasteiger partial charge in [0, 0.05) is 12.8 Å². The van der Waals surface area contributed by atoms with Crippen LogP contribution in [-0.4, -0.2) is 70.0 Å². The van der Waals surface area contributed by atoms with Gasteiger partial charge in [0.25, 0.3) is 7.82 Å². The lowest BCUT2D eigenvalue weighted by Gasteiger charge is -2.28. The normalized spacial score (nSPS) is 14.0. The molecule has 0 saturated heterocycles. The van der Waals surface area contributed by atoms with E-state index in [1.54, 1.807) is 0 Å². The topological polar surface area (TPSA) is 111 Å². The first-order chi connectivity index (χ1) is 32.0. The molecule has 0 aromatic rings. The molecular weight excluding hydrogens is 846 g/mol. The van der Waals surface area contributed by atoms with Gasteiger partial charge in [0.1, 0.15) is 19.8 Å². The van der Waals surface area contributed by atoms with Gasteiger partial charge in [0.2, 0.25) is 0 Å². The predicted molar refractivity (Wildman–Crippen MR) is 277 cm³/mol. The smallest absolute Gasteiger partial charge is 0.306 e. The number of unbranched alkanes of at least 4 members (excludes halogenated alkanes) is 22. The fourth-order valence-corrected chi connectivity index (χ4v) is 7.82. The van der Waals surface area contributed by atoms with Crippen LogP contribution in [0.5, 0.6) is 0 Å². The second-order valence-corrected chi connectivity index (χ2v) is 20.3. The minimum Gasteiger partial charge on any atom is -0.756 e. The number of nitrogens with zero attached hydrogens (tertiary/aromatic N) is 1. The van der Waals surface area contributed by atoms with Crippen LogP contribution in [0.4, 0.5) is 0 Å². The van der Waals surface area contributed by atoms with Gasteiger partial charge in [-0.25, -0.2) is 0 Å². The van der Waals surface area contributed by atoms with Gasteiger partial charge in [-0.2, -0.15) is 0 Å². The van der Waals surface area contributed by atoms with Crippen molar-refractivity contribution in [1.29, 1.82) is 0 Å². The largest absolute Gasteiger partial charge is 0.756 e. The quantitative estimate of drug-likeness (QED) is 0.0195. The van der Waals surface area contributed by atoms with E-state index in [1.807, 2.05) is 21.1 Å². The monoisotopic (exact) mass is 946 g/mol. The van der Waals surface area contributed by atoms with E-state index in [9.17, 15) is 19.0 Å². The Labute approximate surface area is 406 Å². The molecule has 0 aliphatic heterocycles. The Morgan fingerprint density at radius 1 is 0.485 bits per heavy atom. The predicted octanol–water partition coefficient (Wildman–Crippen LogP) is 15.5. The van der Waals surface area contributed by atoms with E-state index in [2.05, 4.69) is 86.8 Å². The van der Waals surface area contributed by atoms with Crippen molar-refractivity contribution in [2.75, 3.05) is 47.5 Å². The molecule has 0 radical (unpaired) electrons. The minimum absolute atomic E-state index is 0.0373. The van der Waals surface area contributed by atoms with E-state index in [-0.39, 0.29) is 26.1 Å². The van der Waals surface area contributed by atoms with E-state index >= 15 is 0 Å². The first-order valence-electron chi connectivity index (χ1n) is 26.6. The zero-order valence-corrected chi connectivity index (χ0v) is 44.0. The van der Waals surface area contributed by atoms with E-state index in [0.29, 0.717) is 17.4 Å². The van der Waals surface area contributed by atoms with Crippen molar-refractivity contribution in [1.82, 2.24) is 0 Å². The van der Waals surface area contributed by atoms with Gasteiger partial charge in [-0.3, -0.25) is 14.2 Å². The Hall–Kier alpha value is -2.55. The molecule has 0 aliphatic rings. The summed E-state index contributed by atoms with van der Waals surface area (Å²) in [5, 5.41) is 0. The number of ether oxygens (including phenoxy) is 2. The van der Waals surface area contributed by atoms with E-state index < -0.39 is 32.5 Å². The molecule has 2 unspecified atom stereocenters.